The average molecular weight is 527 g/mol. The molecule has 7 nitrogen and oxygen atoms in total. The summed E-state index contributed by atoms with van der Waals surface area (Å²) in [4.78, 5) is 8.99. The maximum absolute atomic E-state index is 16.0. The molecule has 1 fully saturated rings. The molecular weight excluding hydrogens is 499 g/mol. The number of aromatic nitrogens is 4. The van der Waals surface area contributed by atoms with E-state index in [0.29, 0.717) is 23.1 Å². The molecule has 0 radical (unpaired) electrons. The number of ether oxygens (including phenoxy) is 3. The van der Waals surface area contributed by atoms with E-state index in [-0.39, 0.29) is 13.2 Å². The van der Waals surface area contributed by atoms with Crippen molar-refractivity contribution in [2.24, 2.45) is 0 Å². The minimum atomic E-state index is -1.43. The van der Waals surface area contributed by atoms with Crippen molar-refractivity contribution in [1.82, 2.24) is 19.6 Å². The first kappa shape index (κ1) is 25.2. The monoisotopic (exact) mass is 526 g/mol. The van der Waals surface area contributed by atoms with Crippen molar-refractivity contribution < 1.29 is 18.6 Å². The van der Waals surface area contributed by atoms with Crippen molar-refractivity contribution in [3.05, 3.63) is 83.7 Å². The molecule has 2 aromatic heterocycles. The summed E-state index contributed by atoms with van der Waals surface area (Å²) in [5.74, 6) is 0. The predicted octanol–water partition coefficient (Wildman–Crippen LogP) is 5.15. The third kappa shape index (κ3) is 5.42. The molecule has 0 unspecified atom stereocenters. The van der Waals surface area contributed by atoms with E-state index in [2.05, 4.69) is 15.1 Å². The van der Waals surface area contributed by atoms with Gasteiger partial charge in [0.2, 0.25) is 5.16 Å². The predicted molar refractivity (Wildman–Crippen MR) is 138 cm³/mol. The third-order valence-electron chi connectivity index (χ3n) is 5.98. The van der Waals surface area contributed by atoms with Gasteiger partial charge in [0.05, 0.1) is 31.7 Å². The molecule has 0 N–H and O–H groups in total. The summed E-state index contributed by atoms with van der Waals surface area (Å²) < 4.78 is 35.9. The number of nitrogens with zero attached hydrogens (tertiary/aromatic N) is 4. The molecule has 4 aromatic rings. The van der Waals surface area contributed by atoms with Gasteiger partial charge >= 0.3 is 0 Å². The quantitative estimate of drug-likeness (QED) is 0.263. The zero-order valence-electron chi connectivity index (χ0n) is 20.0. The Hall–Kier alpha value is -2.50. The second-order valence-electron chi connectivity index (χ2n) is 8.33. The Balaban J connectivity index is 1.39. The Morgan fingerprint density at radius 1 is 0.972 bits per heavy atom. The summed E-state index contributed by atoms with van der Waals surface area (Å²) in [5, 5.41) is 5.87. The second kappa shape index (κ2) is 11.7. The van der Waals surface area contributed by atoms with E-state index >= 15 is 4.39 Å². The Labute approximate surface area is 217 Å². The van der Waals surface area contributed by atoms with Gasteiger partial charge in [-0.05, 0) is 23.6 Å². The number of imidazole rings is 1. The third-order valence-corrected chi connectivity index (χ3v) is 7.17. The normalized spacial score (nSPS) is 21.9. The second-order valence-corrected chi connectivity index (χ2v) is 9.90. The lowest BCUT2D eigenvalue weighted by atomic mass is 10.1. The highest BCUT2D eigenvalue weighted by Gasteiger charge is 2.48. The van der Waals surface area contributed by atoms with Crippen molar-refractivity contribution in [3.63, 3.8) is 0 Å². The Bertz CT molecular complexity index is 1280. The fourth-order valence-electron chi connectivity index (χ4n) is 4.19. The van der Waals surface area contributed by atoms with Gasteiger partial charge in [-0.2, -0.15) is 0 Å². The fourth-order valence-corrected chi connectivity index (χ4v) is 5.09. The first-order chi connectivity index (χ1) is 17.7. The first-order valence-corrected chi connectivity index (χ1v) is 14.0. The number of alkyl halides is 1. The summed E-state index contributed by atoms with van der Waals surface area (Å²) in [5.41, 5.74) is 3.12. The highest BCUT2D eigenvalue weighted by Crippen LogP contribution is 2.38. The Kier molecular flexibility index (Phi) is 8.18. The van der Waals surface area contributed by atoms with Crippen LogP contribution in [0.4, 0.5) is 4.39 Å². The van der Waals surface area contributed by atoms with Crippen molar-refractivity contribution in [3.8, 4) is 0 Å². The molecule has 3 heterocycles. The SMILES string of the molecule is CSc1nc(SC)c2ncc([C@@H]3O[C@H](COCc4ccccc4)[C@@H](OCc4ccccc4)[C@H]3F)n2n1. The minimum absolute atomic E-state index is 0.198. The molecule has 1 saturated heterocycles. The summed E-state index contributed by atoms with van der Waals surface area (Å²) in [6.45, 7) is 0.883. The lowest BCUT2D eigenvalue weighted by molar-refractivity contribution is -0.0742. The largest absolute Gasteiger partial charge is 0.374 e. The van der Waals surface area contributed by atoms with Crippen molar-refractivity contribution >= 4 is 29.2 Å². The van der Waals surface area contributed by atoms with Gasteiger partial charge in [0.25, 0.3) is 0 Å². The van der Waals surface area contributed by atoms with E-state index < -0.39 is 24.5 Å². The summed E-state index contributed by atoms with van der Waals surface area (Å²) in [7, 11) is 0. The van der Waals surface area contributed by atoms with E-state index in [1.165, 1.54) is 23.5 Å². The van der Waals surface area contributed by atoms with Crippen LogP contribution < -0.4 is 0 Å². The van der Waals surface area contributed by atoms with Crippen LogP contribution in [-0.2, 0) is 27.4 Å². The molecule has 0 aliphatic carbocycles. The minimum Gasteiger partial charge on any atom is -0.374 e. The molecule has 0 bridgehead atoms. The van der Waals surface area contributed by atoms with Gasteiger partial charge < -0.3 is 14.2 Å². The molecule has 2 aromatic carbocycles. The lowest BCUT2D eigenvalue weighted by Gasteiger charge is -2.20. The molecular formula is C26H27FN4O3S2. The van der Waals surface area contributed by atoms with Crippen LogP contribution in [0.3, 0.4) is 0 Å². The van der Waals surface area contributed by atoms with E-state index in [4.69, 9.17) is 14.2 Å². The van der Waals surface area contributed by atoms with Crippen LogP contribution >= 0.6 is 23.5 Å². The highest BCUT2D eigenvalue weighted by atomic mass is 32.2. The molecule has 0 amide bonds. The maximum Gasteiger partial charge on any atom is 0.208 e. The van der Waals surface area contributed by atoms with Crippen LogP contribution in [0, 0.1) is 0 Å². The fraction of sp³-hybridized carbons (Fsp3) is 0.346. The van der Waals surface area contributed by atoms with Gasteiger partial charge in [-0.3, -0.25) is 0 Å². The van der Waals surface area contributed by atoms with E-state index in [1.54, 1.807) is 10.7 Å². The number of rotatable bonds is 10. The molecule has 5 rings (SSSR count). The molecule has 0 spiro atoms. The number of thioether (sulfide) groups is 2. The van der Waals surface area contributed by atoms with Gasteiger partial charge in [-0.25, -0.2) is 18.9 Å². The topological polar surface area (TPSA) is 70.8 Å². The molecule has 1 aliphatic heterocycles. The zero-order valence-corrected chi connectivity index (χ0v) is 21.6. The number of halogens is 1. The summed E-state index contributed by atoms with van der Waals surface area (Å²) >= 11 is 2.89. The van der Waals surface area contributed by atoms with E-state index in [1.807, 2.05) is 73.2 Å². The van der Waals surface area contributed by atoms with Crippen LogP contribution in [0.1, 0.15) is 22.9 Å². The zero-order chi connectivity index (χ0) is 24.9. The van der Waals surface area contributed by atoms with Gasteiger partial charge in [0.1, 0.15) is 23.3 Å². The van der Waals surface area contributed by atoms with Gasteiger partial charge in [-0.1, -0.05) is 72.4 Å². The smallest absolute Gasteiger partial charge is 0.208 e. The van der Waals surface area contributed by atoms with Crippen LogP contribution in [0.25, 0.3) is 5.65 Å². The van der Waals surface area contributed by atoms with E-state index in [0.717, 1.165) is 16.2 Å². The standard InChI is InChI=1S/C26H27FN4O3S2/c1-35-25-24-28-13-19(31(24)30-26(29-25)36-2)22-21(27)23(33-15-18-11-7-4-8-12-18)20(34-22)16-32-14-17-9-5-3-6-10-17/h3-13,20-23H,14-16H2,1-2H3/t20-,21+,22+,23-/m1/s1. The molecule has 188 valence electrons. The van der Waals surface area contributed by atoms with Crippen molar-refractivity contribution in [2.75, 3.05) is 19.1 Å². The van der Waals surface area contributed by atoms with Crippen LogP contribution in [0.5, 0.6) is 0 Å². The Morgan fingerprint density at radius 2 is 1.67 bits per heavy atom. The van der Waals surface area contributed by atoms with Crippen LogP contribution in [-0.4, -0.2) is 57.1 Å². The van der Waals surface area contributed by atoms with Crippen molar-refractivity contribution in [1.29, 1.82) is 0 Å². The van der Waals surface area contributed by atoms with Gasteiger partial charge in [0.15, 0.2) is 11.8 Å². The number of benzene rings is 2. The van der Waals surface area contributed by atoms with E-state index in [9.17, 15) is 0 Å². The summed E-state index contributed by atoms with van der Waals surface area (Å²) in [6, 6.07) is 19.6. The van der Waals surface area contributed by atoms with Crippen LogP contribution in [0.15, 0.2) is 77.0 Å². The number of fused-ring (bicyclic) bond motifs is 1. The van der Waals surface area contributed by atoms with Gasteiger partial charge in [0, 0.05) is 0 Å². The molecule has 1 aliphatic rings. The highest BCUT2D eigenvalue weighted by molar-refractivity contribution is 7.99. The number of hydrogen-bond acceptors (Lipinski definition) is 8. The first-order valence-electron chi connectivity index (χ1n) is 11.6. The lowest BCUT2D eigenvalue weighted by Crippen LogP contribution is -2.34. The van der Waals surface area contributed by atoms with Gasteiger partial charge in [-0.15, -0.1) is 16.9 Å². The molecule has 10 heteroatoms. The van der Waals surface area contributed by atoms with Crippen molar-refractivity contribution in [2.45, 2.75) is 47.9 Å². The summed E-state index contributed by atoms with van der Waals surface area (Å²) in [6.07, 6.45) is 1.72. The Morgan fingerprint density at radius 3 is 2.33 bits per heavy atom. The average Bonchev–Trinajstić information content (AvgIpc) is 3.48. The number of hydrogen-bond donors (Lipinski definition) is 0. The molecule has 0 saturated carbocycles. The maximum atomic E-state index is 16.0. The molecule has 36 heavy (non-hydrogen) atoms. The van der Waals surface area contributed by atoms with Crippen LogP contribution in [0.2, 0.25) is 0 Å². The molecule has 4 atom stereocenters.